The van der Waals surface area contributed by atoms with Crippen LogP contribution in [0.1, 0.15) is 12.5 Å². The average molecular weight is 263 g/mol. The van der Waals surface area contributed by atoms with Gasteiger partial charge in [-0.05, 0) is 32.0 Å². The molecule has 0 fully saturated rings. The van der Waals surface area contributed by atoms with Gasteiger partial charge in [0.1, 0.15) is 5.75 Å². The number of benzene rings is 1. The molecule has 0 spiro atoms. The lowest BCUT2D eigenvalue weighted by atomic mass is 10.0. The van der Waals surface area contributed by atoms with Crippen molar-refractivity contribution in [2.75, 3.05) is 20.7 Å². The molecule has 0 saturated heterocycles. The molecule has 1 aromatic rings. The topological polar surface area (TPSA) is 49.8 Å². The highest BCUT2D eigenvalue weighted by Crippen LogP contribution is 2.20. The van der Waals surface area contributed by atoms with Gasteiger partial charge in [-0.1, -0.05) is 24.8 Å². The van der Waals surface area contributed by atoms with Gasteiger partial charge in [0.15, 0.2) is 0 Å². The van der Waals surface area contributed by atoms with E-state index in [9.17, 15) is 4.79 Å². The van der Waals surface area contributed by atoms with Crippen LogP contribution in [0.2, 0.25) is 0 Å². The van der Waals surface area contributed by atoms with E-state index in [4.69, 9.17) is 9.84 Å². The molecule has 0 aliphatic carbocycles. The Hall–Kier alpha value is -1.81. The SMILES string of the molecule is C=C(CN(C)C(C)Cc1ccccc1OC)C(=O)O. The van der Waals surface area contributed by atoms with Crippen LogP contribution < -0.4 is 4.74 Å². The second-order valence-corrected chi connectivity index (χ2v) is 4.69. The third kappa shape index (κ3) is 4.41. The van der Waals surface area contributed by atoms with E-state index in [1.165, 1.54) is 0 Å². The number of nitrogens with zero attached hydrogens (tertiary/aromatic N) is 1. The Labute approximate surface area is 114 Å². The van der Waals surface area contributed by atoms with Gasteiger partial charge >= 0.3 is 5.97 Å². The van der Waals surface area contributed by atoms with E-state index in [1.807, 2.05) is 36.2 Å². The number of aliphatic carboxylic acids is 1. The number of rotatable bonds is 7. The highest BCUT2D eigenvalue weighted by atomic mass is 16.5. The molecular formula is C15H21NO3. The molecule has 0 aliphatic heterocycles. The highest BCUT2D eigenvalue weighted by molar-refractivity contribution is 5.86. The molecule has 0 amide bonds. The molecule has 1 unspecified atom stereocenters. The number of carbonyl (C=O) groups is 1. The first kappa shape index (κ1) is 15.2. The fraction of sp³-hybridized carbons (Fsp3) is 0.400. The predicted molar refractivity (Wildman–Crippen MR) is 75.6 cm³/mol. The number of hydrogen-bond donors (Lipinski definition) is 1. The van der Waals surface area contributed by atoms with Crippen molar-refractivity contribution >= 4 is 5.97 Å². The summed E-state index contributed by atoms with van der Waals surface area (Å²) < 4.78 is 5.32. The first-order valence-electron chi connectivity index (χ1n) is 6.19. The number of methoxy groups -OCH3 is 1. The molecule has 1 atom stereocenters. The van der Waals surface area contributed by atoms with Crippen molar-refractivity contribution in [2.45, 2.75) is 19.4 Å². The maximum absolute atomic E-state index is 10.8. The van der Waals surface area contributed by atoms with Crippen molar-refractivity contribution in [3.05, 3.63) is 42.0 Å². The summed E-state index contributed by atoms with van der Waals surface area (Å²) in [4.78, 5) is 12.7. The average Bonchev–Trinajstić information content (AvgIpc) is 2.38. The first-order chi connectivity index (χ1) is 8.95. The molecule has 104 valence electrons. The number of ether oxygens (including phenoxy) is 1. The van der Waals surface area contributed by atoms with Gasteiger partial charge in [0.2, 0.25) is 0 Å². The summed E-state index contributed by atoms with van der Waals surface area (Å²) >= 11 is 0. The van der Waals surface area contributed by atoms with Gasteiger partial charge in [0.25, 0.3) is 0 Å². The van der Waals surface area contributed by atoms with Gasteiger partial charge in [-0.25, -0.2) is 4.79 Å². The summed E-state index contributed by atoms with van der Waals surface area (Å²) in [6.07, 6.45) is 0.799. The molecular weight excluding hydrogens is 242 g/mol. The Morgan fingerprint density at radius 1 is 1.47 bits per heavy atom. The first-order valence-corrected chi connectivity index (χ1v) is 6.19. The van der Waals surface area contributed by atoms with E-state index in [-0.39, 0.29) is 11.6 Å². The van der Waals surface area contributed by atoms with Gasteiger partial charge in [-0.3, -0.25) is 4.90 Å². The Bertz CT molecular complexity index is 456. The molecule has 4 nitrogen and oxygen atoms in total. The summed E-state index contributed by atoms with van der Waals surface area (Å²) in [5.74, 6) is -0.0869. The largest absolute Gasteiger partial charge is 0.496 e. The van der Waals surface area contributed by atoms with Crippen LogP contribution >= 0.6 is 0 Å². The van der Waals surface area contributed by atoms with E-state index in [1.54, 1.807) is 7.11 Å². The molecule has 0 saturated carbocycles. The van der Waals surface area contributed by atoms with Crippen molar-refractivity contribution in [1.82, 2.24) is 4.90 Å². The summed E-state index contributed by atoms with van der Waals surface area (Å²) in [7, 11) is 3.55. The number of carboxylic acids is 1. The minimum Gasteiger partial charge on any atom is -0.496 e. The van der Waals surface area contributed by atoms with Crippen LogP contribution in [0.25, 0.3) is 0 Å². The van der Waals surface area contributed by atoms with Gasteiger partial charge in [-0.2, -0.15) is 0 Å². The number of para-hydroxylation sites is 1. The summed E-state index contributed by atoms with van der Waals surface area (Å²) in [5.41, 5.74) is 1.32. The molecule has 0 heterocycles. The molecule has 1 aromatic carbocycles. The molecule has 0 bridgehead atoms. The molecule has 4 heteroatoms. The highest BCUT2D eigenvalue weighted by Gasteiger charge is 2.15. The van der Waals surface area contributed by atoms with Crippen LogP contribution in [-0.4, -0.2) is 42.7 Å². The monoisotopic (exact) mass is 263 g/mol. The Balaban J connectivity index is 2.66. The second kappa shape index (κ2) is 6.95. The Morgan fingerprint density at radius 2 is 2.11 bits per heavy atom. The summed E-state index contributed by atoms with van der Waals surface area (Å²) in [6, 6.07) is 8.06. The van der Waals surface area contributed by atoms with Crippen LogP contribution in [0.4, 0.5) is 0 Å². The molecule has 1 rings (SSSR count). The van der Waals surface area contributed by atoms with E-state index in [0.717, 1.165) is 17.7 Å². The van der Waals surface area contributed by atoms with Crippen molar-refractivity contribution in [1.29, 1.82) is 0 Å². The predicted octanol–water partition coefficient (Wildman–Crippen LogP) is 2.20. The number of carboxylic acid groups (broad SMARTS) is 1. The third-order valence-corrected chi connectivity index (χ3v) is 3.20. The van der Waals surface area contributed by atoms with E-state index in [2.05, 4.69) is 13.5 Å². The van der Waals surface area contributed by atoms with E-state index < -0.39 is 5.97 Å². The lowest BCUT2D eigenvalue weighted by Crippen LogP contribution is -2.33. The fourth-order valence-electron chi connectivity index (χ4n) is 1.87. The zero-order valence-electron chi connectivity index (χ0n) is 11.7. The van der Waals surface area contributed by atoms with Crippen LogP contribution in [-0.2, 0) is 11.2 Å². The quantitative estimate of drug-likeness (QED) is 0.766. The Morgan fingerprint density at radius 3 is 2.68 bits per heavy atom. The van der Waals surface area contributed by atoms with Crippen molar-refractivity contribution < 1.29 is 14.6 Å². The van der Waals surface area contributed by atoms with Crippen molar-refractivity contribution in [3.8, 4) is 5.75 Å². The van der Waals surface area contributed by atoms with Crippen molar-refractivity contribution in [2.24, 2.45) is 0 Å². The maximum atomic E-state index is 10.8. The second-order valence-electron chi connectivity index (χ2n) is 4.69. The van der Waals surface area contributed by atoms with Gasteiger partial charge in [0, 0.05) is 18.2 Å². The lowest BCUT2D eigenvalue weighted by molar-refractivity contribution is -0.132. The van der Waals surface area contributed by atoms with E-state index >= 15 is 0 Å². The maximum Gasteiger partial charge on any atom is 0.332 e. The minimum atomic E-state index is -0.948. The van der Waals surface area contributed by atoms with E-state index in [0.29, 0.717) is 6.54 Å². The summed E-state index contributed by atoms with van der Waals surface area (Å²) in [5, 5.41) is 8.84. The molecule has 0 radical (unpaired) electrons. The third-order valence-electron chi connectivity index (χ3n) is 3.20. The van der Waals surface area contributed by atoms with Crippen LogP contribution in [0, 0.1) is 0 Å². The van der Waals surface area contributed by atoms with Crippen LogP contribution in [0.5, 0.6) is 5.75 Å². The number of hydrogen-bond acceptors (Lipinski definition) is 3. The standard InChI is InChI=1S/C15H21NO3/c1-11(15(17)18)10-16(3)12(2)9-13-7-5-6-8-14(13)19-4/h5-8,12H,1,9-10H2,2-4H3,(H,17,18). The van der Waals surface area contributed by atoms with Gasteiger partial charge in [-0.15, -0.1) is 0 Å². The van der Waals surface area contributed by atoms with Crippen molar-refractivity contribution in [3.63, 3.8) is 0 Å². The van der Waals surface area contributed by atoms with Crippen LogP contribution in [0.15, 0.2) is 36.4 Å². The Kier molecular flexibility index (Phi) is 5.57. The fourth-order valence-corrected chi connectivity index (χ4v) is 1.87. The normalized spacial score (nSPS) is 12.2. The van der Waals surface area contributed by atoms with Gasteiger partial charge < -0.3 is 9.84 Å². The smallest absolute Gasteiger partial charge is 0.332 e. The van der Waals surface area contributed by atoms with Gasteiger partial charge in [0.05, 0.1) is 7.11 Å². The molecule has 0 aliphatic rings. The lowest BCUT2D eigenvalue weighted by Gasteiger charge is -2.25. The number of likely N-dealkylation sites (N-methyl/N-ethyl adjacent to an activating group) is 1. The summed E-state index contributed by atoms with van der Waals surface area (Å²) in [6.45, 7) is 5.96. The molecule has 0 aromatic heterocycles. The zero-order valence-corrected chi connectivity index (χ0v) is 11.7. The minimum absolute atomic E-state index is 0.201. The molecule has 19 heavy (non-hydrogen) atoms. The molecule has 1 N–H and O–H groups in total. The van der Waals surface area contributed by atoms with Crippen LogP contribution in [0.3, 0.4) is 0 Å². The zero-order chi connectivity index (χ0) is 14.4.